The summed E-state index contributed by atoms with van der Waals surface area (Å²) in [6.45, 7) is 2.25. The van der Waals surface area contributed by atoms with Crippen LogP contribution >= 0.6 is 27.7 Å². The molecule has 18 heavy (non-hydrogen) atoms. The zero-order valence-electron chi connectivity index (χ0n) is 9.92. The third-order valence-electron chi connectivity index (χ3n) is 3.32. The van der Waals surface area contributed by atoms with Gasteiger partial charge in [-0.1, -0.05) is 6.92 Å². The SMILES string of the molecule is CC1SCCC1Nc1cc2[nH]c(=O)[nH]c2cc1Br. The number of H-pyrrole nitrogens is 2. The minimum Gasteiger partial charge on any atom is -0.380 e. The van der Waals surface area contributed by atoms with Gasteiger partial charge in [-0.05, 0) is 40.2 Å². The lowest BCUT2D eigenvalue weighted by atomic mass is 10.1. The standard InChI is InChI=1S/C12H14BrN3OS/c1-6-8(2-3-18-6)14-9-5-11-10(4-7(9)13)15-12(17)16-11/h4-6,8,14H,2-3H2,1H3,(H2,15,16,17). The number of halogens is 1. The van der Waals surface area contributed by atoms with Crippen LogP contribution in [0.4, 0.5) is 5.69 Å². The van der Waals surface area contributed by atoms with Gasteiger partial charge in [0.15, 0.2) is 0 Å². The largest absolute Gasteiger partial charge is 0.380 e. The van der Waals surface area contributed by atoms with E-state index in [1.54, 1.807) is 0 Å². The molecule has 6 heteroatoms. The van der Waals surface area contributed by atoms with Crippen LogP contribution in [0, 0.1) is 0 Å². The first-order valence-electron chi connectivity index (χ1n) is 5.93. The molecule has 2 heterocycles. The predicted molar refractivity (Wildman–Crippen MR) is 80.6 cm³/mol. The Morgan fingerprint density at radius 1 is 1.39 bits per heavy atom. The first-order chi connectivity index (χ1) is 8.63. The maximum atomic E-state index is 11.3. The Kier molecular flexibility index (Phi) is 3.15. The van der Waals surface area contributed by atoms with E-state index in [1.807, 2.05) is 23.9 Å². The van der Waals surface area contributed by atoms with Crippen molar-refractivity contribution >= 4 is 44.4 Å². The average molecular weight is 328 g/mol. The first kappa shape index (κ1) is 12.2. The summed E-state index contributed by atoms with van der Waals surface area (Å²) in [5.41, 5.74) is 2.53. The van der Waals surface area contributed by atoms with E-state index in [4.69, 9.17) is 0 Å². The molecule has 1 saturated heterocycles. The molecule has 3 rings (SSSR count). The molecule has 1 aliphatic heterocycles. The van der Waals surface area contributed by atoms with Gasteiger partial charge in [0, 0.05) is 15.8 Å². The number of imidazole rings is 1. The number of rotatable bonds is 2. The lowest BCUT2D eigenvalue weighted by molar-refractivity contribution is 0.724. The molecule has 0 aliphatic carbocycles. The highest BCUT2D eigenvalue weighted by Gasteiger charge is 2.24. The zero-order valence-corrected chi connectivity index (χ0v) is 12.3. The van der Waals surface area contributed by atoms with E-state index >= 15 is 0 Å². The maximum Gasteiger partial charge on any atom is 0.323 e. The second kappa shape index (κ2) is 4.66. The lowest BCUT2D eigenvalue weighted by Gasteiger charge is -2.19. The molecule has 0 radical (unpaired) electrons. The molecule has 96 valence electrons. The van der Waals surface area contributed by atoms with Crippen molar-refractivity contribution in [3.05, 3.63) is 27.1 Å². The van der Waals surface area contributed by atoms with Crippen LogP contribution in [0.25, 0.3) is 11.0 Å². The molecule has 0 amide bonds. The van der Waals surface area contributed by atoms with E-state index in [0.717, 1.165) is 21.2 Å². The van der Waals surface area contributed by atoms with Gasteiger partial charge in [-0.25, -0.2) is 4.79 Å². The van der Waals surface area contributed by atoms with E-state index in [-0.39, 0.29) is 5.69 Å². The molecule has 0 saturated carbocycles. The molecule has 2 aromatic rings. The van der Waals surface area contributed by atoms with Crippen molar-refractivity contribution in [1.82, 2.24) is 9.97 Å². The summed E-state index contributed by atoms with van der Waals surface area (Å²) in [5, 5.41) is 4.18. The van der Waals surface area contributed by atoms with Gasteiger partial charge < -0.3 is 15.3 Å². The summed E-state index contributed by atoms with van der Waals surface area (Å²) in [6.07, 6.45) is 1.18. The molecule has 2 atom stereocenters. The fourth-order valence-electron chi connectivity index (χ4n) is 2.29. The highest BCUT2D eigenvalue weighted by molar-refractivity contribution is 9.10. The van der Waals surface area contributed by atoms with Crippen LogP contribution in [-0.2, 0) is 0 Å². The van der Waals surface area contributed by atoms with E-state index in [1.165, 1.54) is 12.2 Å². The first-order valence-corrected chi connectivity index (χ1v) is 7.77. The highest BCUT2D eigenvalue weighted by Crippen LogP contribution is 2.32. The van der Waals surface area contributed by atoms with E-state index < -0.39 is 0 Å². The number of fused-ring (bicyclic) bond motifs is 1. The summed E-state index contributed by atoms with van der Waals surface area (Å²) >= 11 is 5.55. The second-order valence-corrected chi connectivity index (χ2v) is 6.91. The topological polar surface area (TPSA) is 60.7 Å². The molecule has 1 aliphatic rings. The number of aromatic amines is 2. The van der Waals surface area contributed by atoms with Crippen molar-refractivity contribution in [2.24, 2.45) is 0 Å². The second-order valence-electron chi connectivity index (χ2n) is 4.57. The summed E-state index contributed by atoms with van der Waals surface area (Å²) in [7, 11) is 0. The Morgan fingerprint density at radius 3 is 2.78 bits per heavy atom. The van der Waals surface area contributed by atoms with Gasteiger partial charge in [0.05, 0.1) is 16.7 Å². The summed E-state index contributed by atoms with van der Waals surface area (Å²) in [6, 6.07) is 4.41. The number of aromatic nitrogens is 2. The Labute approximate surface area is 117 Å². The molecular formula is C12H14BrN3OS. The van der Waals surface area contributed by atoms with Crippen molar-refractivity contribution in [2.45, 2.75) is 24.6 Å². The van der Waals surface area contributed by atoms with Gasteiger partial charge in [-0.3, -0.25) is 0 Å². The van der Waals surface area contributed by atoms with Crippen molar-refractivity contribution < 1.29 is 0 Å². The van der Waals surface area contributed by atoms with Gasteiger partial charge in [0.2, 0.25) is 0 Å². The summed E-state index contributed by atoms with van der Waals surface area (Å²) < 4.78 is 0.981. The molecule has 1 aromatic heterocycles. The number of anilines is 1. The number of thioether (sulfide) groups is 1. The number of hydrogen-bond donors (Lipinski definition) is 3. The smallest absolute Gasteiger partial charge is 0.323 e. The maximum absolute atomic E-state index is 11.3. The minimum atomic E-state index is -0.168. The Hall–Kier alpha value is -0.880. The van der Waals surface area contributed by atoms with Gasteiger partial charge in [0.25, 0.3) is 0 Å². The molecule has 4 nitrogen and oxygen atoms in total. The van der Waals surface area contributed by atoms with Crippen LogP contribution < -0.4 is 11.0 Å². The molecule has 3 N–H and O–H groups in total. The Morgan fingerprint density at radius 2 is 2.11 bits per heavy atom. The van der Waals surface area contributed by atoms with Gasteiger partial charge in [0.1, 0.15) is 0 Å². The summed E-state index contributed by atoms with van der Waals surface area (Å²) in [5.74, 6) is 1.21. The van der Waals surface area contributed by atoms with Crippen molar-refractivity contribution in [1.29, 1.82) is 0 Å². The average Bonchev–Trinajstić information content (AvgIpc) is 2.85. The number of nitrogens with one attached hydrogen (secondary N) is 3. The fourth-order valence-corrected chi connectivity index (χ4v) is 3.94. The third-order valence-corrected chi connectivity index (χ3v) is 5.30. The third kappa shape index (κ3) is 2.19. The van der Waals surface area contributed by atoms with Gasteiger partial charge in [-0.15, -0.1) is 0 Å². The van der Waals surface area contributed by atoms with Crippen LogP contribution in [0.5, 0.6) is 0 Å². The predicted octanol–water partition coefficient (Wildman–Crippen LogP) is 2.92. The number of benzene rings is 1. The highest BCUT2D eigenvalue weighted by atomic mass is 79.9. The van der Waals surface area contributed by atoms with E-state index in [0.29, 0.717) is 11.3 Å². The van der Waals surface area contributed by atoms with Crippen LogP contribution in [0.15, 0.2) is 21.4 Å². The molecular weight excluding hydrogens is 314 g/mol. The van der Waals surface area contributed by atoms with Gasteiger partial charge in [-0.2, -0.15) is 11.8 Å². The van der Waals surface area contributed by atoms with Crippen LogP contribution in [0.1, 0.15) is 13.3 Å². The monoisotopic (exact) mass is 327 g/mol. The van der Waals surface area contributed by atoms with Crippen molar-refractivity contribution in [3.63, 3.8) is 0 Å². The number of hydrogen-bond acceptors (Lipinski definition) is 3. The molecule has 1 aromatic carbocycles. The van der Waals surface area contributed by atoms with Crippen LogP contribution in [-0.4, -0.2) is 27.0 Å². The molecule has 0 spiro atoms. The Balaban J connectivity index is 1.95. The fraction of sp³-hybridized carbons (Fsp3) is 0.417. The minimum absolute atomic E-state index is 0.168. The van der Waals surface area contributed by atoms with E-state index in [2.05, 4.69) is 38.1 Å². The Bertz CT molecular complexity index is 636. The van der Waals surface area contributed by atoms with Gasteiger partial charge >= 0.3 is 5.69 Å². The quantitative estimate of drug-likeness (QED) is 0.794. The van der Waals surface area contributed by atoms with Crippen molar-refractivity contribution in [2.75, 3.05) is 11.1 Å². The van der Waals surface area contributed by atoms with E-state index in [9.17, 15) is 4.79 Å². The lowest BCUT2D eigenvalue weighted by Crippen LogP contribution is -2.24. The summed E-state index contributed by atoms with van der Waals surface area (Å²) in [4.78, 5) is 16.8. The molecule has 1 fully saturated rings. The normalized spacial score (nSPS) is 23.7. The van der Waals surface area contributed by atoms with Crippen LogP contribution in [0.3, 0.4) is 0 Å². The molecule has 0 bridgehead atoms. The van der Waals surface area contributed by atoms with Crippen LogP contribution in [0.2, 0.25) is 0 Å². The van der Waals surface area contributed by atoms with Crippen molar-refractivity contribution in [3.8, 4) is 0 Å². The molecule has 2 unspecified atom stereocenters. The zero-order chi connectivity index (χ0) is 12.7.